The maximum atomic E-state index is 10.5. The van der Waals surface area contributed by atoms with Crippen molar-refractivity contribution in [1.29, 1.82) is 0 Å². The van der Waals surface area contributed by atoms with Gasteiger partial charge in [0.05, 0.1) is 22.6 Å². The SMILES string of the molecule is OC(c1ccncc1Cl)c1cnnn1-c1ccccc1. The first-order chi connectivity index (χ1) is 9.77. The summed E-state index contributed by atoms with van der Waals surface area (Å²) in [6.07, 6.45) is 3.69. The van der Waals surface area contributed by atoms with E-state index in [1.807, 2.05) is 30.3 Å². The fourth-order valence-electron chi connectivity index (χ4n) is 1.97. The first-order valence-corrected chi connectivity index (χ1v) is 6.38. The zero-order valence-electron chi connectivity index (χ0n) is 10.4. The normalized spacial score (nSPS) is 12.3. The lowest BCUT2D eigenvalue weighted by atomic mass is 10.1. The molecule has 0 saturated heterocycles. The Bertz CT molecular complexity index is 714. The van der Waals surface area contributed by atoms with Crippen molar-refractivity contribution in [2.45, 2.75) is 6.10 Å². The van der Waals surface area contributed by atoms with Gasteiger partial charge in [-0.2, -0.15) is 0 Å². The first-order valence-electron chi connectivity index (χ1n) is 6.01. The first kappa shape index (κ1) is 12.8. The van der Waals surface area contributed by atoms with Crippen molar-refractivity contribution in [3.8, 4) is 5.69 Å². The number of aliphatic hydroxyl groups is 1. The van der Waals surface area contributed by atoms with Crippen molar-refractivity contribution in [3.05, 3.63) is 71.3 Å². The molecule has 0 aliphatic heterocycles. The minimum absolute atomic E-state index is 0.404. The van der Waals surface area contributed by atoms with E-state index in [4.69, 9.17) is 11.6 Å². The standard InChI is InChI=1S/C14H11ClN4O/c15-12-8-16-7-6-11(12)14(20)13-9-17-18-19(13)10-4-2-1-3-5-10/h1-9,14,20H. The minimum Gasteiger partial charge on any atom is -0.382 e. The van der Waals surface area contributed by atoms with Crippen LogP contribution in [0.25, 0.3) is 5.69 Å². The number of benzene rings is 1. The van der Waals surface area contributed by atoms with E-state index in [9.17, 15) is 5.11 Å². The molecule has 0 amide bonds. The quantitative estimate of drug-likeness (QED) is 0.803. The van der Waals surface area contributed by atoms with Gasteiger partial charge in [-0.25, -0.2) is 4.68 Å². The monoisotopic (exact) mass is 286 g/mol. The third-order valence-electron chi connectivity index (χ3n) is 2.95. The van der Waals surface area contributed by atoms with Crippen LogP contribution in [0.15, 0.2) is 55.0 Å². The van der Waals surface area contributed by atoms with E-state index in [1.54, 1.807) is 16.9 Å². The van der Waals surface area contributed by atoms with Crippen LogP contribution < -0.4 is 0 Å². The lowest BCUT2D eigenvalue weighted by Crippen LogP contribution is -2.09. The van der Waals surface area contributed by atoms with Crippen molar-refractivity contribution in [1.82, 2.24) is 20.0 Å². The summed E-state index contributed by atoms with van der Waals surface area (Å²) in [4.78, 5) is 3.91. The number of halogens is 1. The van der Waals surface area contributed by atoms with E-state index >= 15 is 0 Å². The van der Waals surface area contributed by atoms with Gasteiger partial charge in [0.2, 0.25) is 0 Å². The highest BCUT2D eigenvalue weighted by Gasteiger charge is 2.19. The summed E-state index contributed by atoms with van der Waals surface area (Å²) >= 11 is 6.06. The smallest absolute Gasteiger partial charge is 0.124 e. The Balaban J connectivity index is 2.04. The molecule has 0 radical (unpaired) electrons. The maximum absolute atomic E-state index is 10.5. The molecule has 1 aromatic carbocycles. The van der Waals surface area contributed by atoms with E-state index < -0.39 is 6.10 Å². The summed E-state index contributed by atoms with van der Waals surface area (Å²) in [6, 6.07) is 11.2. The van der Waals surface area contributed by atoms with E-state index in [2.05, 4.69) is 15.3 Å². The summed E-state index contributed by atoms with van der Waals surface area (Å²) < 4.78 is 1.58. The molecule has 3 rings (SSSR count). The van der Waals surface area contributed by atoms with Crippen LogP contribution >= 0.6 is 11.6 Å². The van der Waals surface area contributed by atoms with E-state index in [-0.39, 0.29) is 0 Å². The predicted molar refractivity (Wildman–Crippen MR) is 74.7 cm³/mol. The molecule has 20 heavy (non-hydrogen) atoms. The summed E-state index contributed by atoms with van der Waals surface area (Å²) in [5.74, 6) is 0. The van der Waals surface area contributed by atoms with Crippen molar-refractivity contribution >= 4 is 11.6 Å². The molecule has 0 fully saturated rings. The number of rotatable bonds is 3. The average molecular weight is 287 g/mol. The molecule has 0 bridgehead atoms. The highest BCUT2D eigenvalue weighted by atomic mass is 35.5. The highest BCUT2D eigenvalue weighted by Crippen LogP contribution is 2.27. The second-order valence-corrected chi connectivity index (χ2v) is 4.61. The molecule has 1 N–H and O–H groups in total. The van der Waals surface area contributed by atoms with Gasteiger partial charge in [0.25, 0.3) is 0 Å². The van der Waals surface area contributed by atoms with Gasteiger partial charge >= 0.3 is 0 Å². The third-order valence-corrected chi connectivity index (χ3v) is 3.27. The predicted octanol–water partition coefficient (Wildman–Crippen LogP) is 2.40. The Hall–Kier alpha value is -2.24. The Morgan fingerprint density at radius 1 is 1.10 bits per heavy atom. The Morgan fingerprint density at radius 2 is 1.90 bits per heavy atom. The highest BCUT2D eigenvalue weighted by molar-refractivity contribution is 6.31. The average Bonchev–Trinajstić information content (AvgIpc) is 2.97. The van der Waals surface area contributed by atoms with Gasteiger partial charge in [-0.3, -0.25) is 4.98 Å². The zero-order valence-corrected chi connectivity index (χ0v) is 11.1. The van der Waals surface area contributed by atoms with E-state index in [0.29, 0.717) is 16.3 Å². The van der Waals surface area contributed by atoms with Crippen molar-refractivity contribution in [3.63, 3.8) is 0 Å². The molecule has 0 spiro atoms. The van der Waals surface area contributed by atoms with Crippen molar-refractivity contribution < 1.29 is 5.11 Å². The summed E-state index contributed by atoms with van der Waals surface area (Å²) in [5, 5.41) is 18.8. The van der Waals surface area contributed by atoms with Crippen LogP contribution in [-0.2, 0) is 0 Å². The number of hydrogen-bond acceptors (Lipinski definition) is 4. The van der Waals surface area contributed by atoms with Gasteiger partial charge in [-0.05, 0) is 18.2 Å². The Morgan fingerprint density at radius 3 is 2.65 bits per heavy atom. The molecule has 100 valence electrons. The zero-order chi connectivity index (χ0) is 13.9. The number of aliphatic hydroxyl groups excluding tert-OH is 1. The number of para-hydroxylation sites is 1. The molecule has 1 atom stereocenters. The molecule has 2 heterocycles. The Kier molecular flexibility index (Phi) is 3.45. The second kappa shape index (κ2) is 5.40. The van der Waals surface area contributed by atoms with E-state index in [0.717, 1.165) is 5.69 Å². The molecular weight excluding hydrogens is 276 g/mol. The summed E-state index contributed by atoms with van der Waals surface area (Å²) in [6.45, 7) is 0. The van der Waals surface area contributed by atoms with Gasteiger partial charge < -0.3 is 5.11 Å². The second-order valence-electron chi connectivity index (χ2n) is 4.21. The van der Waals surface area contributed by atoms with Crippen LogP contribution in [-0.4, -0.2) is 25.1 Å². The molecule has 6 heteroatoms. The van der Waals surface area contributed by atoms with Crippen LogP contribution in [0.1, 0.15) is 17.4 Å². The molecule has 2 aromatic heterocycles. The van der Waals surface area contributed by atoms with Crippen molar-refractivity contribution in [2.24, 2.45) is 0 Å². The molecule has 5 nitrogen and oxygen atoms in total. The van der Waals surface area contributed by atoms with Crippen LogP contribution in [0.2, 0.25) is 5.02 Å². The molecule has 0 saturated carbocycles. The number of nitrogens with zero attached hydrogens (tertiary/aromatic N) is 4. The molecule has 0 aliphatic carbocycles. The van der Waals surface area contributed by atoms with Crippen molar-refractivity contribution in [2.75, 3.05) is 0 Å². The number of aromatic nitrogens is 4. The number of hydrogen-bond donors (Lipinski definition) is 1. The molecule has 3 aromatic rings. The van der Waals surface area contributed by atoms with Crippen LogP contribution in [0.5, 0.6) is 0 Å². The summed E-state index contributed by atoms with van der Waals surface area (Å²) in [7, 11) is 0. The van der Waals surface area contributed by atoms with Gasteiger partial charge in [-0.15, -0.1) is 5.10 Å². The topological polar surface area (TPSA) is 63.8 Å². The molecular formula is C14H11ClN4O. The number of pyridine rings is 1. The third kappa shape index (κ3) is 2.29. The maximum Gasteiger partial charge on any atom is 0.124 e. The molecule has 1 unspecified atom stereocenters. The van der Waals surface area contributed by atoms with Crippen LogP contribution in [0.4, 0.5) is 0 Å². The fraction of sp³-hybridized carbons (Fsp3) is 0.0714. The Labute approximate surface area is 120 Å². The van der Waals surface area contributed by atoms with Crippen LogP contribution in [0, 0.1) is 0 Å². The largest absolute Gasteiger partial charge is 0.382 e. The lowest BCUT2D eigenvalue weighted by molar-refractivity contribution is 0.212. The van der Waals surface area contributed by atoms with Gasteiger partial charge in [0.15, 0.2) is 0 Å². The van der Waals surface area contributed by atoms with Crippen LogP contribution in [0.3, 0.4) is 0 Å². The molecule has 0 aliphatic rings. The fourth-order valence-corrected chi connectivity index (χ4v) is 2.19. The van der Waals surface area contributed by atoms with Gasteiger partial charge in [-0.1, -0.05) is 35.0 Å². The summed E-state index contributed by atoms with van der Waals surface area (Å²) in [5.41, 5.74) is 1.94. The lowest BCUT2D eigenvalue weighted by Gasteiger charge is -2.13. The van der Waals surface area contributed by atoms with Gasteiger partial charge in [0, 0.05) is 18.0 Å². The van der Waals surface area contributed by atoms with E-state index in [1.165, 1.54) is 12.4 Å². The minimum atomic E-state index is -0.916. The van der Waals surface area contributed by atoms with Gasteiger partial charge in [0.1, 0.15) is 6.10 Å².